The lowest BCUT2D eigenvalue weighted by Crippen LogP contribution is -2.43. The molecule has 1 saturated carbocycles. The molecule has 1 aromatic rings. The highest BCUT2D eigenvalue weighted by atomic mass is 19.3. The molecule has 0 bridgehead atoms. The molecule has 1 heterocycles. The Kier molecular flexibility index (Phi) is 2.93. The standard InChI is InChI=1S/C13H13F4NO2/c1-5-4-18-12(20-6-2-13(16,17)3-6)8-7(5)11(19)10(15)9(8)14/h4,6,9-11,19H,2-3H2,1H3/t9-,10-,11+/m1/s1. The number of aliphatic hydroxyl groups is 1. The van der Waals surface area contributed by atoms with Crippen molar-refractivity contribution in [1.29, 1.82) is 0 Å². The van der Waals surface area contributed by atoms with Gasteiger partial charge in [0, 0.05) is 19.0 Å². The molecule has 1 fully saturated rings. The number of nitrogens with zero attached hydrogens (tertiary/aromatic N) is 1. The first-order valence-electron chi connectivity index (χ1n) is 6.30. The highest BCUT2D eigenvalue weighted by molar-refractivity contribution is 5.47. The molecular weight excluding hydrogens is 278 g/mol. The molecule has 3 rings (SSSR count). The number of pyridine rings is 1. The van der Waals surface area contributed by atoms with Crippen molar-refractivity contribution >= 4 is 0 Å². The Balaban J connectivity index is 1.91. The summed E-state index contributed by atoms with van der Waals surface area (Å²) in [6.07, 6.45) is -6.08. The van der Waals surface area contributed by atoms with E-state index < -0.39 is 43.3 Å². The van der Waals surface area contributed by atoms with E-state index in [0.29, 0.717) is 5.56 Å². The van der Waals surface area contributed by atoms with Gasteiger partial charge in [0.2, 0.25) is 5.88 Å². The Morgan fingerprint density at radius 3 is 2.55 bits per heavy atom. The molecule has 3 atom stereocenters. The first-order valence-corrected chi connectivity index (χ1v) is 6.30. The van der Waals surface area contributed by atoms with Gasteiger partial charge in [-0.25, -0.2) is 22.5 Å². The monoisotopic (exact) mass is 291 g/mol. The smallest absolute Gasteiger partial charge is 0.255 e. The van der Waals surface area contributed by atoms with Crippen molar-refractivity contribution in [3.63, 3.8) is 0 Å². The summed E-state index contributed by atoms with van der Waals surface area (Å²) in [6.45, 7) is 1.57. The summed E-state index contributed by atoms with van der Waals surface area (Å²) in [6, 6.07) is 0. The van der Waals surface area contributed by atoms with Crippen LogP contribution in [0.3, 0.4) is 0 Å². The van der Waals surface area contributed by atoms with Crippen LogP contribution in [0.2, 0.25) is 0 Å². The van der Waals surface area contributed by atoms with Gasteiger partial charge in [0.1, 0.15) is 12.2 Å². The van der Waals surface area contributed by atoms with E-state index in [1.54, 1.807) is 6.92 Å². The molecule has 110 valence electrons. The number of aromatic nitrogens is 1. The molecule has 3 nitrogen and oxygen atoms in total. The van der Waals surface area contributed by atoms with Crippen LogP contribution in [0.1, 0.15) is 41.8 Å². The average Bonchev–Trinajstić information content (AvgIpc) is 2.56. The topological polar surface area (TPSA) is 42.4 Å². The largest absolute Gasteiger partial charge is 0.474 e. The second-order valence-corrected chi connectivity index (χ2v) is 5.37. The van der Waals surface area contributed by atoms with Crippen molar-refractivity contribution in [3.05, 3.63) is 22.9 Å². The van der Waals surface area contributed by atoms with Gasteiger partial charge in [-0.2, -0.15) is 0 Å². The van der Waals surface area contributed by atoms with E-state index in [0.717, 1.165) is 0 Å². The van der Waals surface area contributed by atoms with Crippen LogP contribution in [0.4, 0.5) is 17.6 Å². The number of rotatable bonds is 2. The molecule has 1 aromatic heterocycles. The number of ether oxygens (including phenoxy) is 1. The third-order valence-electron chi connectivity index (χ3n) is 3.80. The predicted molar refractivity (Wildman–Crippen MR) is 61.3 cm³/mol. The summed E-state index contributed by atoms with van der Waals surface area (Å²) in [4.78, 5) is 3.85. The van der Waals surface area contributed by atoms with E-state index in [2.05, 4.69) is 4.98 Å². The lowest BCUT2D eigenvalue weighted by atomic mass is 9.91. The number of aryl methyl sites for hydroxylation is 1. The maximum atomic E-state index is 13.9. The van der Waals surface area contributed by atoms with E-state index >= 15 is 0 Å². The fourth-order valence-electron chi connectivity index (χ4n) is 2.70. The molecule has 1 N–H and O–H groups in total. The molecule has 0 aliphatic heterocycles. The van der Waals surface area contributed by atoms with E-state index in [1.165, 1.54) is 6.20 Å². The number of alkyl halides is 4. The molecule has 0 spiro atoms. The Morgan fingerprint density at radius 1 is 1.30 bits per heavy atom. The third kappa shape index (κ3) is 1.95. The van der Waals surface area contributed by atoms with Crippen molar-refractivity contribution in [3.8, 4) is 5.88 Å². The molecule has 20 heavy (non-hydrogen) atoms. The number of fused-ring (bicyclic) bond motifs is 1. The minimum absolute atomic E-state index is 0.112. The fourth-order valence-corrected chi connectivity index (χ4v) is 2.70. The maximum Gasteiger partial charge on any atom is 0.255 e. The zero-order valence-corrected chi connectivity index (χ0v) is 10.6. The van der Waals surface area contributed by atoms with Gasteiger partial charge in [-0.3, -0.25) is 0 Å². The van der Waals surface area contributed by atoms with Gasteiger partial charge in [0.05, 0.1) is 5.56 Å². The normalized spacial score (nSPS) is 31.8. The zero-order chi connectivity index (χ0) is 14.7. The molecule has 0 saturated heterocycles. The number of hydrogen-bond donors (Lipinski definition) is 1. The van der Waals surface area contributed by atoms with E-state index in [1.807, 2.05) is 0 Å². The van der Waals surface area contributed by atoms with E-state index in [4.69, 9.17) is 4.74 Å². The van der Waals surface area contributed by atoms with Gasteiger partial charge in [-0.1, -0.05) is 0 Å². The van der Waals surface area contributed by atoms with E-state index in [-0.39, 0.29) is 17.0 Å². The number of hydrogen-bond acceptors (Lipinski definition) is 3. The quantitative estimate of drug-likeness (QED) is 0.852. The van der Waals surface area contributed by atoms with Crippen LogP contribution in [0, 0.1) is 6.92 Å². The minimum Gasteiger partial charge on any atom is -0.474 e. The predicted octanol–water partition coefficient (Wildman–Crippen LogP) is 2.96. The van der Waals surface area contributed by atoms with Gasteiger partial charge in [-0.15, -0.1) is 0 Å². The molecule has 0 radical (unpaired) electrons. The second-order valence-electron chi connectivity index (χ2n) is 5.37. The van der Waals surface area contributed by atoms with Gasteiger partial charge in [0.15, 0.2) is 12.3 Å². The summed E-state index contributed by atoms with van der Waals surface area (Å²) in [5.41, 5.74) is 0.405. The highest BCUT2D eigenvalue weighted by Gasteiger charge is 2.49. The maximum absolute atomic E-state index is 13.9. The summed E-state index contributed by atoms with van der Waals surface area (Å²) in [5, 5.41) is 9.70. The Hall–Kier alpha value is -1.37. The van der Waals surface area contributed by atoms with Crippen LogP contribution < -0.4 is 4.74 Å². The molecule has 0 amide bonds. The van der Waals surface area contributed by atoms with Gasteiger partial charge >= 0.3 is 0 Å². The minimum atomic E-state index is -2.77. The van der Waals surface area contributed by atoms with Gasteiger partial charge in [0.25, 0.3) is 5.92 Å². The Labute approximate surface area is 112 Å². The average molecular weight is 291 g/mol. The Morgan fingerprint density at radius 2 is 1.95 bits per heavy atom. The van der Waals surface area contributed by atoms with Crippen LogP contribution in [0.15, 0.2) is 6.20 Å². The van der Waals surface area contributed by atoms with Gasteiger partial charge in [-0.05, 0) is 18.1 Å². The van der Waals surface area contributed by atoms with Crippen molar-refractivity contribution < 1.29 is 27.4 Å². The number of aliphatic hydroxyl groups excluding tert-OH is 1. The van der Waals surface area contributed by atoms with Crippen LogP contribution in [0.5, 0.6) is 5.88 Å². The number of halogens is 4. The third-order valence-corrected chi connectivity index (χ3v) is 3.80. The van der Waals surface area contributed by atoms with Gasteiger partial charge < -0.3 is 9.84 Å². The van der Waals surface area contributed by atoms with E-state index in [9.17, 15) is 22.7 Å². The van der Waals surface area contributed by atoms with Crippen LogP contribution in [0.25, 0.3) is 0 Å². The summed E-state index contributed by atoms with van der Waals surface area (Å²) in [7, 11) is 0. The SMILES string of the molecule is Cc1cnc(OC2CC(F)(F)C2)c2c1[C@H](O)[C@H](F)[C@@H]2F. The molecule has 7 heteroatoms. The van der Waals surface area contributed by atoms with Crippen LogP contribution >= 0.6 is 0 Å². The van der Waals surface area contributed by atoms with Crippen molar-refractivity contribution in [1.82, 2.24) is 4.98 Å². The fraction of sp³-hybridized carbons (Fsp3) is 0.615. The lowest BCUT2D eigenvalue weighted by Gasteiger charge is -2.34. The first-order chi connectivity index (χ1) is 9.30. The first kappa shape index (κ1) is 13.6. The van der Waals surface area contributed by atoms with Crippen molar-refractivity contribution in [2.45, 2.75) is 50.2 Å². The molecule has 2 aliphatic rings. The molecular formula is C13H13F4NO2. The zero-order valence-electron chi connectivity index (χ0n) is 10.6. The summed E-state index contributed by atoms with van der Waals surface area (Å²) < 4.78 is 58.3. The molecule has 2 aliphatic carbocycles. The second kappa shape index (κ2) is 4.31. The highest BCUT2D eigenvalue weighted by Crippen LogP contribution is 2.49. The summed E-state index contributed by atoms with van der Waals surface area (Å²) >= 11 is 0. The molecule has 0 aromatic carbocycles. The summed E-state index contributed by atoms with van der Waals surface area (Å²) in [5.74, 6) is -2.96. The van der Waals surface area contributed by atoms with Crippen LogP contribution in [-0.4, -0.2) is 28.3 Å². The van der Waals surface area contributed by atoms with Crippen molar-refractivity contribution in [2.75, 3.05) is 0 Å². The lowest BCUT2D eigenvalue weighted by molar-refractivity contribution is -0.135. The van der Waals surface area contributed by atoms with Crippen molar-refractivity contribution in [2.24, 2.45) is 0 Å². The molecule has 0 unspecified atom stereocenters. The van der Waals surface area contributed by atoms with Crippen LogP contribution in [-0.2, 0) is 0 Å². The Bertz CT molecular complexity index is 543.